The smallest absolute Gasteiger partial charge is 0.407 e. The molecule has 3 atom stereocenters. The Labute approximate surface area is 198 Å². The fourth-order valence-corrected chi connectivity index (χ4v) is 5.35. The van der Waals surface area contributed by atoms with Gasteiger partial charge in [-0.05, 0) is 46.4 Å². The van der Waals surface area contributed by atoms with E-state index in [4.69, 9.17) is 4.74 Å². The molecule has 3 nitrogen and oxygen atoms in total. The SMILES string of the molecule is CCC[C@@H]1C[C@@]1(CCC)[C@@H](NC(=O)OCc1ccccc1)c1ccc(-c2ccccc2)cc1. The number of carbonyl (C=O) groups excluding carboxylic acids is 1. The van der Waals surface area contributed by atoms with Crippen LogP contribution in [0.25, 0.3) is 11.1 Å². The second-order valence-corrected chi connectivity index (χ2v) is 9.30. The van der Waals surface area contributed by atoms with Gasteiger partial charge in [-0.2, -0.15) is 0 Å². The largest absolute Gasteiger partial charge is 0.445 e. The highest BCUT2D eigenvalue weighted by Crippen LogP contribution is 2.64. The summed E-state index contributed by atoms with van der Waals surface area (Å²) in [5.41, 5.74) is 4.67. The fourth-order valence-electron chi connectivity index (χ4n) is 5.35. The third-order valence-electron chi connectivity index (χ3n) is 7.03. The van der Waals surface area contributed by atoms with Gasteiger partial charge in [-0.25, -0.2) is 4.79 Å². The van der Waals surface area contributed by atoms with Gasteiger partial charge in [-0.15, -0.1) is 0 Å². The summed E-state index contributed by atoms with van der Waals surface area (Å²) in [4.78, 5) is 12.9. The molecule has 0 radical (unpaired) electrons. The molecule has 1 amide bonds. The third-order valence-corrected chi connectivity index (χ3v) is 7.03. The van der Waals surface area contributed by atoms with Crippen molar-refractivity contribution in [3.05, 3.63) is 96.1 Å². The van der Waals surface area contributed by atoms with Gasteiger partial charge in [0.05, 0.1) is 6.04 Å². The number of carbonyl (C=O) groups is 1. The molecule has 33 heavy (non-hydrogen) atoms. The van der Waals surface area contributed by atoms with Crippen molar-refractivity contribution >= 4 is 6.09 Å². The highest BCUT2D eigenvalue weighted by atomic mass is 16.5. The van der Waals surface area contributed by atoms with Crippen LogP contribution in [0.2, 0.25) is 0 Å². The molecule has 0 bridgehead atoms. The average molecular weight is 442 g/mol. The monoisotopic (exact) mass is 441 g/mol. The van der Waals surface area contributed by atoms with Crippen LogP contribution in [0.5, 0.6) is 0 Å². The maximum Gasteiger partial charge on any atom is 0.407 e. The van der Waals surface area contributed by atoms with Gasteiger partial charge in [0.15, 0.2) is 0 Å². The van der Waals surface area contributed by atoms with E-state index in [0.29, 0.717) is 5.92 Å². The van der Waals surface area contributed by atoms with Crippen LogP contribution in [-0.2, 0) is 11.3 Å². The minimum absolute atomic E-state index is 0.0397. The van der Waals surface area contributed by atoms with Gasteiger partial charge in [0.25, 0.3) is 0 Å². The van der Waals surface area contributed by atoms with Crippen LogP contribution in [0, 0.1) is 11.3 Å². The van der Waals surface area contributed by atoms with Gasteiger partial charge in [0.2, 0.25) is 0 Å². The van der Waals surface area contributed by atoms with E-state index in [9.17, 15) is 4.79 Å². The van der Waals surface area contributed by atoms with Crippen molar-refractivity contribution in [2.24, 2.45) is 11.3 Å². The minimum Gasteiger partial charge on any atom is -0.445 e. The summed E-state index contributed by atoms with van der Waals surface area (Å²) in [6, 6.07) is 28.9. The lowest BCUT2D eigenvalue weighted by molar-refractivity contribution is 0.127. The highest BCUT2D eigenvalue weighted by Gasteiger charge is 2.58. The molecule has 0 spiro atoms. The van der Waals surface area contributed by atoms with Crippen LogP contribution in [0.1, 0.15) is 63.1 Å². The van der Waals surface area contributed by atoms with Gasteiger partial charge < -0.3 is 10.1 Å². The van der Waals surface area contributed by atoms with Gasteiger partial charge in [-0.3, -0.25) is 0 Å². The first-order valence-corrected chi connectivity index (χ1v) is 12.3. The molecule has 0 aliphatic heterocycles. The molecular weight excluding hydrogens is 406 g/mol. The second-order valence-electron chi connectivity index (χ2n) is 9.30. The van der Waals surface area contributed by atoms with E-state index in [1.165, 1.54) is 36.0 Å². The molecule has 172 valence electrons. The zero-order valence-corrected chi connectivity index (χ0v) is 19.8. The molecule has 1 N–H and O–H groups in total. The number of ether oxygens (including phenoxy) is 1. The Kier molecular flexibility index (Phi) is 7.49. The molecule has 0 aromatic heterocycles. The number of amides is 1. The van der Waals surface area contributed by atoms with Crippen LogP contribution in [-0.4, -0.2) is 6.09 Å². The molecule has 0 heterocycles. The molecule has 0 unspecified atom stereocenters. The van der Waals surface area contributed by atoms with Crippen LogP contribution in [0.15, 0.2) is 84.9 Å². The molecule has 1 aliphatic carbocycles. The predicted molar refractivity (Wildman–Crippen MR) is 135 cm³/mol. The van der Waals surface area contributed by atoms with Crippen molar-refractivity contribution in [3.63, 3.8) is 0 Å². The lowest BCUT2D eigenvalue weighted by Gasteiger charge is -2.30. The van der Waals surface area contributed by atoms with Crippen molar-refractivity contribution in [3.8, 4) is 11.1 Å². The van der Waals surface area contributed by atoms with Crippen molar-refractivity contribution in [1.29, 1.82) is 0 Å². The second kappa shape index (κ2) is 10.7. The summed E-state index contributed by atoms with van der Waals surface area (Å²) < 4.78 is 5.62. The highest BCUT2D eigenvalue weighted by molar-refractivity contribution is 5.69. The summed E-state index contributed by atoms with van der Waals surface area (Å²) in [7, 11) is 0. The van der Waals surface area contributed by atoms with E-state index in [-0.39, 0.29) is 24.2 Å². The molecule has 4 rings (SSSR count). The molecule has 3 heteroatoms. The Bertz CT molecular complexity index is 1020. The number of hydrogen-bond donors (Lipinski definition) is 1. The van der Waals surface area contributed by atoms with E-state index >= 15 is 0 Å². The predicted octanol–water partition coefficient (Wildman–Crippen LogP) is 7.93. The van der Waals surface area contributed by atoms with Crippen molar-refractivity contribution in [2.75, 3.05) is 0 Å². The maximum absolute atomic E-state index is 12.9. The summed E-state index contributed by atoms with van der Waals surface area (Å²) in [6.45, 7) is 4.78. The van der Waals surface area contributed by atoms with Gasteiger partial charge in [0, 0.05) is 0 Å². The van der Waals surface area contributed by atoms with Gasteiger partial charge in [0.1, 0.15) is 6.61 Å². The number of benzene rings is 3. The van der Waals surface area contributed by atoms with Crippen LogP contribution in [0.4, 0.5) is 4.79 Å². The average Bonchev–Trinajstić information content (AvgIpc) is 3.55. The molecule has 3 aromatic carbocycles. The Morgan fingerprint density at radius 2 is 1.55 bits per heavy atom. The van der Waals surface area contributed by atoms with Crippen LogP contribution in [0.3, 0.4) is 0 Å². The fraction of sp³-hybridized carbons (Fsp3) is 0.367. The number of rotatable bonds is 10. The van der Waals surface area contributed by atoms with E-state index in [2.05, 4.69) is 67.7 Å². The van der Waals surface area contributed by atoms with E-state index in [1.54, 1.807) is 0 Å². The zero-order valence-electron chi connectivity index (χ0n) is 19.8. The molecule has 1 aliphatic rings. The number of nitrogens with one attached hydrogen (secondary N) is 1. The van der Waals surface area contributed by atoms with E-state index < -0.39 is 0 Å². The molecule has 0 saturated heterocycles. The van der Waals surface area contributed by atoms with Crippen molar-refractivity contribution < 1.29 is 9.53 Å². The normalized spacial score (nSPS) is 20.1. The Morgan fingerprint density at radius 3 is 2.18 bits per heavy atom. The van der Waals surface area contributed by atoms with Crippen molar-refractivity contribution in [2.45, 2.75) is 58.6 Å². The van der Waals surface area contributed by atoms with Gasteiger partial charge in [-0.1, -0.05) is 118 Å². The Hall–Kier alpha value is -3.07. The quantitative estimate of drug-likeness (QED) is 0.347. The van der Waals surface area contributed by atoms with E-state index in [0.717, 1.165) is 18.4 Å². The first kappa shape index (κ1) is 23.1. The summed E-state index contributed by atoms with van der Waals surface area (Å²) in [5, 5.41) is 3.28. The minimum atomic E-state index is -0.339. The van der Waals surface area contributed by atoms with Gasteiger partial charge >= 0.3 is 6.09 Å². The van der Waals surface area contributed by atoms with Crippen molar-refractivity contribution in [1.82, 2.24) is 5.32 Å². The maximum atomic E-state index is 12.9. The zero-order chi connectivity index (χ0) is 23.1. The lowest BCUT2D eigenvalue weighted by Crippen LogP contribution is -2.36. The topological polar surface area (TPSA) is 38.3 Å². The molecular formula is C30H35NO2. The number of hydrogen-bond acceptors (Lipinski definition) is 2. The number of alkyl carbamates (subject to hydrolysis) is 1. The standard InChI is InChI=1S/C30H35NO2/c1-3-11-27-21-30(27,20-4-2)28(31-29(32)33-22-23-12-7-5-8-13-23)26-18-16-25(17-19-26)24-14-9-6-10-15-24/h5-10,12-19,27-28H,3-4,11,20-22H2,1-2H3,(H,31,32)/t27-,28+,30-/m1/s1. The Balaban J connectivity index is 1.55. The molecule has 1 saturated carbocycles. The van der Waals surface area contributed by atoms with Crippen LogP contribution < -0.4 is 5.32 Å². The lowest BCUT2D eigenvalue weighted by atomic mass is 9.83. The molecule has 1 fully saturated rings. The molecule has 3 aromatic rings. The van der Waals surface area contributed by atoms with E-state index in [1.807, 2.05) is 36.4 Å². The summed E-state index contributed by atoms with van der Waals surface area (Å²) >= 11 is 0. The first-order valence-electron chi connectivity index (χ1n) is 12.3. The van der Waals surface area contributed by atoms with Crippen LogP contribution >= 0.6 is 0 Å². The third kappa shape index (κ3) is 5.47. The first-order chi connectivity index (χ1) is 16.2. The summed E-state index contributed by atoms with van der Waals surface area (Å²) in [6.07, 6.45) is 5.43. The Morgan fingerprint density at radius 1 is 0.909 bits per heavy atom. The summed E-state index contributed by atoms with van der Waals surface area (Å²) in [5.74, 6) is 0.649.